The van der Waals surface area contributed by atoms with Crippen LogP contribution in [-0.4, -0.2) is 22.4 Å². The van der Waals surface area contributed by atoms with Crippen molar-refractivity contribution in [1.82, 2.24) is 0 Å². The average Bonchev–Trinajstić information content (AvgIpc) is 2.67. The van der Waals surface area contributed by atoms with Gasteiger partial charge in [0.2, 0.25) is 0 Å². The van der Waals surface area contributed by atoms with Gasteiger partial charge in [-0.3, -0.25) is 0 Å². The molecule has 3 rings (SSSR count). The van der Waals surface area contributed by atoms with E-state index in [4.69, 9.17) is 10.5 Å². The van der Waals surface area contributed by atoms with Crippen LogP contribution < -0.4 is 5.73 Å². The molecule has 1 fully saturated rings. The second kappa shape index (κ2) is 2.48. The topological polar surface area (TPSA) is 75.7 Å². The van der Waals surface area contributed by atoms with E-state index < -0.39 is 24.4 Å². The molecule has 0 saturated carbocycles. The first-order valence-electron chi connectivity index (χ1n) is 4.60. The molecule has 0 spiro atoms. The Morgan fingerprint density at radius 3 is 2.64 bits per heavy atom. The van der Waals surface area contributed by atoms with Crippen LogP contribution >= 0.6 is 0 Å². The largest absolute Gasteiger partial charge is 0.398 e. The second-order valence-corrected chi connectivity index (χ2v) is 3.81. The van der Waals surface area contributed by atoms with Crippen molar-refractivity contribution in [3.8, 4) is 0 Å². The summed E-state index contributed by atoms with van der Waals surface area (Å²) in [5.74, 6) is 0. The van der Waals surface area contributed by atoms with Gasteiger partial charge in [0.25, 0.3) is 0 Å². The van der Waals surface area contributed by atoms with Gasteiger partial charge in [0.05, 0.1) is 0 Å². The van der Waals surface area contributed by atoms with Gasteiger partial charge in [-0.2, -0.15) is 0 Å². The van der Waals surface area contributed by atoms with Crippen molar-refractivity contribution in [2.24, 2.45) is 0 Å². The fourth-order valence-electron chi connectivity index (χ4n) is 2.35. The second-order valence-electron chi connectivity index (χ2n) is 3.81. The zero-order valence-electron chi connectivity index (χ0n) is 7.42. The Hall–Kier alpha value is -1.10. The third-order valence-electron chi connectivity index (χ3n) is 3.03. The molecular weight excluding hydrogens is 182 g/mol. The Balaban J connectivity index is 2.20. The molecule has 1 aromatic rings. The maximum Gasteiger partial charge on any atom is 0.114 e. The van der Waals surface area contributed by atoms with Crippen molar-refractivity contribution in [3.05, 3.63) is 29.3 Å². The molecule has 14 heavy (non-hydrogen) atoms. The number of hydrogen-bond acceptors (Lipinski definition) is 4. The van der Waals surface area contributed by atoms with Crippen molar-refractivity contribution < 1.29 is 14.9 Å². The first-order valence-corrected chi connectivity index (χ1v) is 4.60. The van der Waals surface area contributed by atoms with E-state index in [-0.39, 0.29) is 0 Å². The van der Waals surface area contributed by atoms with Gasteiger partial charge in [-0.1, -0.05) is 12.1 Å². The molecule has 4 unspecified atom stereocenters. The summed E-state index contributed by atoms with van der Waals surface area (Å²) in [6, 6.07) is 5.49. The first kappa shape index (κ1) is 8.23. The van der Waals surface area contributed by atoms with Gasteiger partial charge in [0.15, 0.2) is 0 Å². The van der Waals surface area contributed by atoms with Crippen molar-refractivity contribution in [2.45, 2.75) is 24.4 Å². The van der Waals surface area contributed by atoms with Gasteiger partial charge in [0.1, 0.15) is 24.4 Å². The third-order valence-corrected chi connectivity index (χ3v) is 3.03. The van der Waals surface area contributed by atoms with E-state index in [1.165, 1.54) is 0 Å². The normalized spacial score (nSPS) is 38.7. The van der Waals surface area contributed by atoms with Gasteiger partial charge in [-0.05, 0) is 11.6 Å². The molecule has 0 radical (unpaired) electrons. The van der Waals surface area contributed by atoms with E-state index in [9.17, 15) is 10.2 Å². The minimum Gasteiger partial charge on any atom is -0.398 e. The molecule has 4 atom stereocenters. The lowest BCUT2D eigenvalue weighted by Crippen LogP contribution is -2.31. The molecule has 0 aromatic heterocycles. The lowest BCUT2D eigenvalue weighted by molar-refractivity contribution is 0.0218. The number of ether oxygens (including phenoxy) is 1. The van der Waals surface area contributed by atoms with Crippen LogP contribution in [0.5, 0.6) is 0 Å². The Bertz CT molecular complexity index is 393. The molecule has 1 aromatic carbocycles. The molecule has 0 amide bonds. The zero-order chi connectivity index (χ0) is 9.87. The lowest BCUT2D eigenvalue weighted by atomic mass is 9.87. The van der Waals surface area contributed by atoms with Crippen LogP contribution in [0.15, 0.2) is 18.2 Å². The molecule has 2 bridgehead atoms. The molecule has 4 nitrogen and oxygen atoms in total. The highest BCUT2D eigenvalue weighted by Gasteiger charge is 2.51. The van der Waals surface area contributed by atoms with Crippen LogP contribution in [0.2, 0.25) is 0 Å². The smallest absolute Gasteiger partial charge is 0.114 e. The van der Waals surface area contributed by atoms with E-state index in [0.29, 0.717) is 5.69 Å². The molecule has 0 aliphatic carbocycles. The van der Waals surface area contributed by atoms with Crippen LogP contribution in [0.3, 0.4) is 0 Å². The highest BCUT2D eigenvalue weighted by atomic mass is 16.5. The quantitative estimate of drug-likeness (QED) is 0.511. The SMILES string of the molecule is Nc1cccc2c1C1OC2C(O)C1O. The molecule has 2 aliphatic heterocycles. The lowest BCUT2D eigenvalue weighted by Gasteiger charge is -2.22. The monoisotopic (exact) mass is 193 g/mol. The number of rotatable bonds is 0. The summed E-state index contributed by atoms with van der Waals surface area (Å²) in [6.45, 7) is 0. The van der Waals surface area contributed by atoms with Crippen molar-refractivity contribution in [1.29, 1.82) is 0 Å². The van der Waals surface area contributed by atoms with Gasteiger partial charge < -0.3 is 20.7 Å². The van der Waals surface area contributed by atoms with Gasteiger partial charge in [-0.15, -0.1) is 0 Å². The molecule has 2 heterocycles. The maximum atomic E-state index is 9.63. The first-order chi connectivity index (χ1) is 6.70. The van der Waals surface area contributed by atoms with Crippen LogP contribution in [0.4, 0.5) is 5.69 Å². The van der Waals surface area contributed by atoms with Crippen molar-refractivity contribution in [3.63, 3.8) is 0 Å². The average molecular weight is 193 g/mol. The predicted molar refractivity (Wildman–Crippen MR) is 49.4 cm³/mol. The molecule has 4 heteroatoms. The molecule has 2 aliphatic rings. The summed E-state index contributed by atoms with van der Waals surface area (Å²) in [7, 11) is 0. The number of fused-ring (bicyclic) bond motifs is 5. The standard InChI is InChI=1S/C10H11NO3/c11-5-3-1-2-4-6(5)10-8(13)7(12)9(4)14-10/h1-3,7-10,12-13H,11H2. The Morgan fingerprint density at radius 1 is 1.14 bits per heavy atom. The van der Waals surface area contributed by atoms with Crippen LogP contribution in [-0.2, 0) is 4.74 Å². The van der Waals surface area contributed by atoms with Crippen molar-refractivity contribution in [2.75, 3.05) is 5.73 Å². The van der Waals surface area contributed by atoms with Gasteiger partial charge >= 0.3 is 0 Å². The number of aliphatic hydroxyl groups excluding tert-OH is 2. The van der Waals surface area contributed by atoms with E-state index in [0.717, 1.165) is 11.1 Å². The van der Waals surface area contributed by atoms with Crippen molar-refractivity contribution >= 4 is 5.69 Å². The summed E-state index contributed by atoms with van der Waals surface area (Å²) < 4.78 is 5.47. The van der Waals surface area contributed by atoms with Gasteiger partial charge in [-0.25, -0.2) is 0 Å². The van der Waals surface area contributed by atoms with E-state index in [1.807, 2.05) is 12.1 Å². The minimum absolute atomic E-state index is 0.409. The summed E-state index contributed by atoms with van der Waals surface area (Å²) in [5.41, 5.74) is 8.17. The van der Waals surface area contributed by atoms with E-state index in [2.05, 4.69) is 0 Å². The summed E-state index contributed by atoms with van der Waals surface area (Å²) in [5, 5.41) is 19.2. The summed E-state index contributed by atoms with van der Waals surface area (Å²) in [6.07, 6.45) is -2.54. The van der Waals surface area contributed by atoms with E-state index in [1.54, 1.807) is 6.07 Å². The summed E-state index contributed by atoms with van der Waals surface area (Å²) >= 11 is 0. The molecule has 1 saturated heterocycles. The van der Waals surface area contributed by atoms with E-state index >= 15 is 0 Å². The number of nitrogens with two attached hydrogens (primary N) is 1. The Morgan fingerprint density at radius 2 is 1.86 bits per heavy atom. The number of aliphatic hydroxyl groups is 2. The maximum absolute atomic E-state index is 9.63. The fourth-order valence-corrected chi connectivity index (χ4v) is 2.35. The van der Waals surface area contributed by atoms with Crippen LogP contribution in [0, 0.1) is 0 Å². The Labute approximate surface area is 80.9 Å². The highest BCUT2D eigenvalue weighted by Crippen LogP contribution is 2.52. The molecular formula is C10H11NO3. The number of hydrogen-bond donors (Lipinski definition) is 3. The highest BCUT2D eigenvalue weighted by molar-refractivity contribution is 5.56. The predicted octanol–water partition coefficient (Wildman–Crippen LogP) is 0.117. The number of anilines is 1. The summed E-state index contributed by atoms with van der Waals surface area (Å²) in [4.78, 5) is 0. The third kappa shape index (κ3) is 0.785. The molecule has 4 N–H and O–H groups in total. The fraction of sp³-hybridized carbons (Fsp3) is 0.400. The molecule has 74 valence electrons. The van der Waals surface area contributed by atoms with Crippen LogP contribution in [0.25, 0.3) is 0 Å². The minimum atomic E-state index is -0.850. The van der Waals surface area contributed by atoms with Crippen LogP contribution in [0.1, 0.15) is 23.3 Å². The number of nitrogen functional groups attached to an aromatic ring is 1. The van der Waals surface area contributed by atoms with Gasteiger partial charge in [0, 0.05) is 11.3 Å². The zero-order valence-corrected chi connectivity index (χ0v) is 7.42. The number of benzene rings is 1. The Kier molecular flexibility index (Phi) is 1.45.